The molecule has 35 heteroatoms. The van der Waals surface area contributed by atoms with E-state index in [1.807, 2.05) is 0 Å². The maximum atomic E-state index is 11.8. The van der Waals surface area contributed by atoms with Crippen molar-refractivity contribution in [3.63, 3.8) is 0 Å². The first-order chi connectivity index (χ1) is 44.6. The number of methoxy groups -OCH3 is 2. The van der Waals surface area contributed by atoms with Crippen molar-refractivity contribution in [2.45, 2.75) is 184 Å². The number of hydrogen-bond acceptors (Lipinski definition) is 35. The van der Waals surface area contributed by atoms with Crippen LogP contribution in [0.3, 0.4) is 0 Å². The van der Waals surface area contributed by atoms with Crippen LogP contribution in [-0.2, 0) is 71.1 Å². The molecule has 0 radical (unpaired) electrons. The Hall–Kier alpha value is -1.40. The summed E-state index contributed by atoms with van der Waals surface area (Å²) in [6, 6.07) is 0. The third-order valence-corrected chi connectivity index (χ3v) is 19.5. The van der Waals surface area contributed by atoms with E-state index in [0.717, 1.165) is 0 Å². The smallest absolute Gasteiger partial charge is 0.186 e. The number of aliphatic hydroxyl groups is 20. The Morgan fingerprint density at radius 1 is 0.226 bits per heavy atom. The summed E-state index contributed by atoms with van der Waals surface area (Å²) < 4.78 is 86.7. The first-order valence-corrected chi connectivity index (χ1v) is 31.8. The zero-order valence-corrected chi connectivity index (χ0v) is 52.4. The van der Waals surface area contributed by atoms with Crippen LogP contribution in [-0.4, -0.2) is 413 Å². The highest BCUT2D eigenvalue weighted by atomic mass is 16.7. The van der Waals surface area contributed by atoms with Gasteiger partial charge < -0.3 is 173 Å². The van der Waals surface area contributed by atoms with E-state index < -0.39 is 292 Å². The fraction of sp³-hybridized carbons (Fsp3) is 1.00. The lowest BCUT2D eigenvalue weighted by Gasteiger charge is -2.46. The molecule has 546 valence electrons. The first kappa shape index (κ1) is 78.9. The third-order valence-electron chi connectivity index (χ3n) is 19.5. The van der Waals surface area contributed by atoms with Crippen LogP contribution in [0.15, 0.2) is 0 Å². The van der Waals surface area contributed by atoms with Crippen LogP contribution < -0.4 is 0 Å². The highest BCUT2D eigenvalue weighted by Gasteiger charge is 2.53. The number of hydrogen-bond donors (Lipinski definition) is 20. The lowest BCUT2D eigenvalue weighted by Crippen LogP contribution is -2.61. The fourth-order valence-corrected chi connectivity index (χ4v) is 13.7. The van der Waals surface area contributed by atoms with Gasteiger partial charge in [0.1, 0.15) is 79.4 Å². The Morgan fingerprint density at radius 2 is 0.452 bits per heavy atom. The number of ether oxygens (including phenoxy) is 15. The van der Waals surface area contributed by atoms with Gasteiger partial charge in [-0.15, -0.1) is 0 Å². The van der Waals surface area contributed by atoms with Crippen molar-refractivity contribution in [1.29, 1.82) is 0 Å². The van der Waals surface area contributed by atoms with Crippen LogP contribution in [0.2, 0.25) is 0 Å². The van der Waals surface area contributed by atoms with Crippen LogP contribution in [0, 0.1) is 41.4 Å². The second kappa shape index (κ2) is 37.9. The van der Waals surface area contributed by atoms with E-state index in [1.54, 1.807) is 6.92 Å². The summed E-state index contributed by atoms with van der Waals surface area (Å²) in [7, 11) is 2.76. The van der Waals surface area contributed by atoms with Gasteiger partial charge in [0.25, 0.3) is 0 Å². The molecule has 0 aromatic heterocycles. The third kappa shape index (κ3) is 19.0. The van der Waals surface area contributed by atoms with Crippen LogP contribution in [0.5, 0.6) is 0 Å². The quantitative estimate of drug-likeness (QED) is 0.0284. The summed E-state index contributed by atoms with van der Waals surface area (Å²) >= 11 is 0. The van der Waals surface area contributed by atoms with Crippen LogP contribution in [0.4, 0.5) is 0 Å². The van der Waals surface area contributed by atoms with E-state index in [4.69, 9.17) is 71.1 Å². The second-order valence-electron chi connectivity index (χ2n) is 25.3. The average molecular weight is 1360 g/mol. The molecule has 0 amide bonds. The van der Waals surface area contributed by atoms with Gasteiger partial charge in [-0.2, -0.15) is 0 Å². The van der Waals surface area contributed by atoms with Crippen molar-refractivity contribution in [3.8, 4) is 0 Å². The zero-order chi connectivity index (χ0) is 68.0. The predicted octanol–water partition coefficient (Wildman–Crippen LogP) is -11.6. The van der Waals surface area contributed by atoms with Crippen molar-refractivity contribution in [1.82, 2.24) is 0 Å². The largest absolute Gasteiger partial charge is 0.394 e. The molecule has 7 heterocycles. The van der Waals surface area contributed by atoms with Gasteiger partial charge in [-0.1, -0.05) is 6.92 Å². The van der Waals surface area contributed by atoms with Crippen molar-refractivity contribution >= 4 is 0 Å². The Morgan fingerprint density at radius 3 is 0.731 bits per heavy atom. The minimum absolute atomic E-state index is 0.0255. The van der Waals surface area contributed by atoms with Gasteiger partial charge in [-0.25, -0.2) is 0 Å². The van der Waals surface area contributed by atoms with E-state index in [0.29, 0.717) is 6.42 Å². The lowest BCUT2D eigenvalue weighted by molar-refractivity contribution is -0.310. The Balaban J connectivity index is 0.973. The predicted molar refractivity (Wildman–Crippen MR) is 306 cm³/mol. The van der Waals surface area contributed by atoms with Crippen molar-refractivity contribution in [2.75, 3.05) is 140 Å². The van der Waals surface area contributed by atoms with E-state index >= 15 is 0 Å². The molecule has 7 fully saturated rings. The van der Waals surface area contributed by atoms with Gasteiger partial charge in [-0.3, -0.25) is 0 Å². The monoisotopic (exact) mass is 1360 g/mol. The molecule has 0 bridgehead atoms. The van der Waals surface area contributed by atoms with Crippen LogP contribution in [0.25, 0.3) is 0 Å². The Kier molecular flexibility index (Phi) is 32.1. The Bertz CT molecular complexity index is 2070. The molecule has 0 aromatic carbocycles. The molecule has 93 heavy (non-hydrogen) atoms. The minimum Gasteiger partial charge on any atom is -0.394 e. The van der Waals surface area contributed by atoms with Gasteiger partial charge in [0, 0.05) is 55.6 Å². The summed E-state index contributed by atoms with van der Waals surface area (Å²) in [4.78, 5) is 0. The van der Waals surface area contributed by atoms with Crippen LogP contribution in [0.1, 0.15) is 13.3 Å². The SMILES string of the molecule is CC[C@@H]1C(CO)O[C@H](COC[C@@H]2C(CO)O[C@H](COC[C@@H]3C(CO[C@H]4OC(CO)[C@@H](COC[C@H]5OC(CO)[C@@H](COC)[C@@H](O)C5O)[C@@H](O)C4O)O[C@H](COC[C@@H]4C(CO)O[C@H](COC[C@@H]5C(CO)O[C@H](COC)C(O)[C@@H]5O)C(O)[C@@H]4O)C(O)[C@@H]3O)C(O)[C@@H]2O)C(O)[C@@H]1O. The molecule has 7 saturated heterocycles. The molecule has 7 aliphatic rings. The highest BCUT2D eigenvalue weighted by molar-refractivity contribution is 4.99. The number of aliphatic hydroxyl groups excluding tert-OH is 20. The van der Waals surface area contributed by atoms with Crippen LogP contribution >= 0.6 is 0 Å². The van der Waals surface area contributed by atoms with E-state index in [-0.39, 0.29) is 46.2 Å². The summed E-state index contributed by atoms with van der Waals surface area (Å²) in [6.45, 7) is -6.50. The standard InChI is InChI=1S/C58H104O35/c1-4-24-31(5-59)87-39(52(73)44(24)65)18-81-13-27-34(8-62)91-42(55(76)47(27)68)21-85-16-30-37(23-86-58-57(78)50(71)29(36(10-64)93-58)15-84-19-40-53(74)45(66)25(11-79-2)32(6-60)89-40)92-43(56(77)49(30)70)22-83-14-28-35(9-63)90-41(54(75)48(28)69)20-82-12-26-33(7-61)88-38(17-80-3)51(72)46(26)67/h24-78H,4-23H2,1-3H3/t24-,25-,26-,27-,28-,29-,30-,31?,32?,33?,34?,35?,36?,37?,38-,39-,40-,41-,42-,43-,44-,45-,46-,47-,48-,49-,50-,51?,52?,53?,54?,55?,56?,57?,58+/m1/s1. The summed E-state index contributed by atoms with van der Waals surface area (Å²) in [5.74, 6) is -6.77. The fourth-order valence-electron chi connectivity index (χ4n) is 13.7. The van der Waals surface area contributed by atoms with E-state index in [2.05, 4.69) is 0 Å². The van der Waals surface area contributed by atoms with Gasteiger partial charge in [0.2, 0.25) is 0 Å². The van der Waals surface area contributed by atoms with Crippen molar-refractivity contribution < 1.29 is 173 Å². The molecule has 0 aliphatic carbocycles. The lowest BCUT2D eigenvalue weighted by atomic mass is 9.85. The normalized spacial score (nSPS) is 46.8. The summed E-state index contributed by atoms with van der Waals surface area (Å²) in [5.41, 5.74) is 0. The molecule has 7 aliphatic heterocycles. The molecule has 14 unspecified atom stereocenters. The van der Waals surface area contributed by atoms with Gasteiger partial charge >= 0.3 is 0 Å². The van der Waals surface area contributed by atoms with Crippen molar-refractivity contribution in [3.05, 3.63) is 0 Å². The summed E-state index contributed by atoms with van der Waals surface area (Å²) in [5, 5.41) is 217. The Labute approximate surface area is 537 Å². The number of rotatable bonds is 34. The topological polar surface area (TPSA) is 543 Å². The highest BCUT2D eigenvalue weighted by Crippen LogP contribution is 2.36. The molecule has 35 atom stereocenters. The first-order valence-electron chi connectivity index (χ1n) is 31.8. The van der Waals surface area contributed by atoms with E-state index in [1.165, 1.54) is 14.2 Å². The minimum atomic E-state index is -1.84. The molecule has 0 saturated carbocycles. The maximum Gasteiger partial charge on any atom is 0.186 e. The maximum absolute atomic E-state index is 11.8. The molecule has 35 nitrogen and oxygen atoms in total. The molecule has 7 rings (SSSR count). The zero-order valence-electron chi connectivity index (χ0n) is 52.4. The van der Waals surface area contributed by atoms with Crippen molar-refractivity contribution in [2.24, 2.45) is 41.4 Å². The molecule has 20 N–H and O–H groups in total. The van der Waals surface area contributed by atoms with Gasteiger partial charge in [0.05, 0.1) is 211 Å². The average Bonchev–Trinajstić information content (AvgIpc) is 1.12. The van der Waals surface area contributed by atoms with Gasteiger partial charge in [0.15, 0.2) is 6.29 Å². The second-order valence-corrected chi connectivity index (χ2v) is 25.3. The van der Waals surface area contributed by atoms with E-state index in [9.17, 15) is 102 Å². The molecular weight excluding hydrogens is 1260 g/mol. The molecule has 0 spiro atoms. The molecule has 0 aromatic rings. The molecular formula is C58H104O35. The summed E-state index contributed by atoms with van der Waals surface area (Å²) in [6.07, 6.45) is -37.7. The van der Waals surface area contributed by atoms with Gasteiger partial charge in [-0.05, 0) is 6.42 Å².